The Labute approximate surface area is 213 Å². The van der Waals surface area contributed by atoms with E-state index < -0.39 is 11.8 Å². The monoisotopic (exact) mass is 505 g/mol. The number of nitrogens with zero attached hydrogens (tertiary/aromatic N) is 4. The van der Waals surface area contributed by atoms with Gasteiger partial charge in [0.15, 0.2) is 5.82 Å². The van der Waals surface area contributed by atoms with Crippen molar-refractivity contribution in [2.45, 2.75) is 6.92 Å². The molecule has 2 heterocycles. The van der Waals surface area contributed by atoms with Gasteiger partial charge in [-0.05, 0) is 12.1 Å². The molecule has 0 unspecified atom stereocenters. The molecule has 10 nitrogen and oxygen atoms in total. The largest absolute Gasteiger partial charge is 0.368 e. The Morgan fingerprint density at radius 3 is 2.27 bits per heavy atom. The fourth-order valence-corrected chi connectivity index (χ4v) is 3.92. The van der Waals surface area contributed by atoms with Gasteiger partial charge in [0.05, 0.1) is 5.69 Å². The molecule has 0 bridgehead atoms. The molecular formula is C26H28FN7O3. The fraction of sp³-hybridized carbons (Fsp3) is 0.269. The summed E-state index contributed by atoms with van der Waals surface area (Å²) in [6.45, 7) is 3.62. The van der Waals surface area contributed by atoms with Crippen LogP contribution in [0.2, 0.25) is 0 Å². The Kier molecular flexibility index (Phi) is 8.24. The minimum Gasteiger partial charge on any atom is -0.368 e. The van der Waals surface area contributed by atoms with Crippen LogP contribution in [0.4, 0.5) is 21.7 Å². The molecule has 0 spiro atoms. The maximum atomic E-state index is 14.1. The molecule has 0 radical (unpaired) electrons. The third-order valence-corrected chi connectivity index (χ3v) is 5.76. The molecule has 4 rings (SSSR count). The van der Waals surface area contributed by atoms with E-state index in [1.807, 2.05) is 35.2 Å². The molecule has 0 aliphatic carbocycles. The molecule has 2 aromatic carbocycles. The average Bonchev–Trinajstić information content (AvgIpc) is 2.91. The Morgan fingerprint density at radius 2 is 1.57 bits per heavy atom. The summed E-state index contributed by atoms with van der Waals surface area (Å²) in [6.07, 6.45) is 0. The van der Waals surface area contributed by atoms with Crippen molar-refractivity contribution in [2.24, 2.45) is 0 Å². The Hall–Kier alpha value is -4.54. The summed E-state index contributed by atoms with van der Waals surface area (Å²) in [5.41, 5.74) is 1.21. The summed E-state index contributed by atoms with van der Waals surface area (Å²) in [4.78, 5) is 49.0. The Bertz CT molecular complexity index is 1260. The second-order valence-corrected chi connectivity index (χ2v) is 8.42. The van der Waals surface area contributed by atoms with Crippen molar-refractivity contribution in [1.82, 2.24) is 20.2 Å². The molecule has 1 aromatic heterocycles. The second kappa shape index (κ2) is 11.9. The van der Waals surface area contributed by atoms with Crippen molar-refractivity contribution in [3.05, 3.63) is 66.5 Å². The summed E-state index contributed by atoms with van der Waals surface area (Å²) in [5, 5.41) is 8.37. The summed E-state index contributed by atoms with van der Waals surface area (Å²) >= 11 is 0. The lowest BCUT2D eigenvalue weighted by molar-refractivity contribution is -0.143. The van der Waals surface area contributed by atoms with E-state index in [1.54, 1.807) is 18.2 Å². The second-order valence-electron chi connectivity index (χ2n) is 8.42. The predicted molar refractivity (Wildman–Crippen MR) is 138 cm³/mol. The van der Waals surface area contributed by atoms with Crippen LogP contribution in [0.25, 0.3) is 11.4 Å². The van der Waals surface area contributed by atoms with E-state index in [4.69, 9.17) is 0 Å². The third-order valence-electron chi connectivity index (χ3n) is 5.76. The highest BCUT2D eigenvalue weighted by Gasteiger charge is 2.27. The zero-order chi connectivity index (χ0) is 26.2. The molecule has 0 saturated carbocycles. The maximum absolute atomic E-state index is 14.1. The number of hydrogen-bond donors (Lipinski definition) is 3. The Morgan fingerprint density at radius 1 is 0.892 bits per heavy atom. The lowest BCUT2D eigenvalue weighted by atomic mass is 10.2. The molecule has 3 aromatic rings. The molecular weight excluding hydrogens is 477 g/mol. The van der Waals surface area contributed by atoms with Crippen LogP contribution in [0, 0.1) is 5.82 Å². The molecule has 11 heteroatoms. The number of benzene rings is 2. The van der Waals surface area contributed by atoms with Gasteiger partial charge in [-0.2, -0.15) is 0 Å². The third kappa shape index (κ3) is 6.78. The van der Waals surface area contributed by atoms with Gasteiger partial charge in [-0.3, -0.25) is 14.4 Å². The van der Waals surface area contributed by atoms with E-state index in [0.717, 1.165) is 5.56 Å². The molecule has 37 heavy (non-hydrogen) atoms. The van der Waals surface area contributed by atoms with Crippen LogP contribution in [0.1, 0.15) is 6.92 Å². The van der Waals surface area contributed by atoms with Crippen molar-refractivity contribution in [3.63, 3.8) is 0 Å². The molecule has 3 amide bonds. The van der Waals surface area contributed by atoms with Crippen LogP contribution in [0.5, 0.6) is 0 Å². The number of hydrogen-bond acceptors (Lipinski definition) is 7. The van der Waals surface area contributed by atoms with E-state index in [-0.39, 0.29) is 30.6 Å². The van der Waals surface area contributed by atoms with Crippen molar-refractivity contribution >= 4 is 35.0 Å². The van der Waals surface area contributed by atoms with E-state index in [0.29, 0.717) is 43.5 Å². The summed E-state index contributed by atoms with van der Waals surface area (Å²) in [5.74, 6) is -1.00. The number of para-hydroxylation sites is 1. The van der Waals surface area contributed by atoms with Crippen LogP contribution in [-0.4, -0.2) is 71.9 Å². The van der Waals surface area contributed by atoms with Gasteiger partial charge in [-0.25, -0.2) is 14.4 Å². The van der Waals surface area contributed by atoms with Gasteiger partial charge in [0.2, 0.25) is 5.91 Å². The average molecular weight is 506 g/mol. The zero-order valence-corrected chi connectivity index (χ0v) is 20.4. The molecule has 1 fully saturated rings. The highest BCUT2D eigenvalue weighted by Crippen LogP contribution is 2.22. The summed E-state index contributed by atoms with van der Waals surface area (Å²) in [6, 6.07) is 17.2. The smallest absolute Gasteiger partial charge is 0.315 e. The predicted octanol–water partition coefficient (Wildman–Crippen LogP) is 2.12. The van der Waals surface area contributed by atoms with E-state index in [2.05, 4.69) is 25.9 Å². The molecule has 1 saturated heterocycles. The maximum Gasteiger partial charge on any atom is 0.315 e. The highest BCUT2D eigenvalue weighted by molar-refractivity contribution is 6.39. The van der Waals surface area contributed by atoms with E-state index >= 15 is 0 Å². The number of nitrogens with one attached hydrogen (secondary N) is 3. The first-order valence-electron chi connectivity index (χ1n) is 11.9. The number of aromatic nitrogens is 2. The van der Waals surface area contributed by atoms with Crippen LogP contribution in [-0.2, 0) is 14.4 Å². The highest BCUT2D eigenvalue weighted by atomic mass is 19.1. The van der Waals surface area contributed by atoms with E-state index in [1.165, 1.54) is 24.0 Å². The number of halogens is 1. The van der Waals surface area contributed by atoms with Crippen LogP contribution in [0.15, 0.2) is 60.7 Å². The molecule has 1 aliphatic heterocycles. The zero-order valence-electron chi connectivity index (χ0n) is 20.4. The van der Waals surface area contributed by atoms with Crippen LogP contribution in [0.3, 0.4) is 0 Å². The first-order valence-corrected chi connectivity index (χ1v) is 11.9. The number of rotatable bonds is 7. The number of anilines is 3. The standard InChI is InChI=1S/C26H28FN7O3/c1-18(35)28-11-12-29-22-17-23(31-24(30-22)19-7-3-2-4-8-19)32-25(36)26(37)34-15-13-33(14-16-34)21-10-6-5-9-20(21)27/h2-10,17H,11-16H2,1H3,(H,28,35)(H2,29,30,31,32,36). The van der Waals surface area contributed by atoms with Crippen molar-refractivity contribution < 1.29 is 18.8 Å². The minimum absolute atomic E-state index is 0.143. The molecule has 192 valence electrons. The first-order chi connectivity index (χ1) is 17.9. The minimum atomic E-state index is -0.818. The van der Waals surface area contributed by atoms with Gasteiger partial charge in [-0.15, -0.1) is 0 Å². The van der Waals surface area contributed by atoms with Gasteiger partial charge in [-0.1, -0.05) is 42.5 Å². The molecule has 0 atom stereocenters. The SMILES string of the molecule is CC(=O)NCCNc1cc(NC(=O)C(=O)N2CCN(c3ccccc3F)CC2)nc(-c2ccccc2)n1. The quantitative estimate of drug-likeness (QED) is 0.332. The van der Waals surface area contributed by atoms with Gasteiger partial charge < -0.3 is 25.8 Å². The number of carbonyl (C=O) groups is 3. The first kappa shape index (κ1) is 25.5. The van der Waals surface area contributed by atoms with Crippen LogP contribution >= 0.6 is 0 Å². The van der Waals surface area contributed by atoms with Crippen molar-refractivity contribution in [3.8, 4) is 11.4 Å². The van der Waals surface area contributed by atoms with E-state index in [9.17, 15) is 18.8 Å². The normalized spacial score (nSPS) is 13.1. The molecule has 3 N–H and O–H groups in total. The number of piperazine rings is 1. The van der Waals surface area contributed by atoms with Crippen molar-refractivity contribution in [2.75, 3.05) is 54.8 Å². The van der Waals surface area contributed by atoms with Gasteiger partial charge in [0.25, 0.3) is 0 Å². The lowest BCUT2D eigenvalue weighted by Gasteiger charge is -2.35. The van der Waals surface area contributed by atoms with Gasteiger partial charge in [0.1, 0.15) is 17.5 Å². The number of carbonyl (C=O) groups excluding carboxylic acids is 3. The Balaban J connectivity index is 1.42. The molecule has 1 aliphatic rings. The van der Waals surface area contributed by atoms with Crippen LogP contribution < -0.4 is 20.9 Å². The summed E-state index contributed by atoms with van der Waals surface area (Å²) in [7, 11) is 0. The van der Waals surface area contributed by atoms with Crippen molar-refractivity contribution in [1.29, 1.82) is 0 Å². The number of amides is 3. The van der Waals surface area contributed by atoms with Gasteiger partial charge >= 0.3 is 11.8 Å². The van der Waals surface area contributed by atoms with Gasteiger partial charge in [0, 0.05) is 57.8 Å². The topological polar surface area (TPSA) is 120 Å². The summed E-state index contributed by atoms with van der Waals surface area (Å²) < 4.78 is 14.1. The fourth-order valence-electron chi connectivity index (χ4n) is 3.92. The lowest BCUT2D eigenvalue weighted by Crippen LogP contribution is -2.51.